The highest BCUT2D eigenvalue weighted by Crippen LogP contribution is 2.21. The van der Waals surface area contributed by atoms with E-state index in [4.69, 9.17) is 5.73 Å². The molecule has 0 unspecified atom stereocenters. The number of nitrogen functional groups attached to an aromatic ring is 1. The zero-order chi connectivity index (χ0) is 22.5. The molecule has 1 aromatic carbocycles. The van der Waals surface area contributed by atoms with Crippen LogP contribution in [0.2, 0.25) is 0 Å². The van der Waals surface area contributed by atoms with Crippen LogP contribution >= 0.6 is 0 Å². The van der Waals surface area contributed by atoms with Crippen molar-refractivity contribution >= 4 is 17.4 Å². The monoisotopic (exact) mass is 424 g/mol. The van der Waals surface area contributed by atoms with Crippen LogP contribution in [0.5, 0.6) is 0 Å². The van der Waals surface area contributed by atoms with Gasteiger partial charge in [-0.1, -0.05) is 43.7 Å². The molecule has 0 spiro atoms. The lowest BCUT2D eigenvalue weighted by Gasteiger charge is -2.24. The Labute approximate surface area is 177 Å². The lowest BCUT2D eigenvalue weighted by molar-refractivity contribution is 0.0977. The molecule has 162 valence electrons. The summed E-state index contributed by atoms with van der Waals surface area (Å²) in [5, 5.41) is 4.00. The molecule has 10 heteroatoms. The van der Waals surface area contributed by atoms with Crippen molar-refractivity contribution in [3.05, 3.63) is 84.9 Å². The molecular formula is C21H24N6O4. The zero-order valence-corrected chi connectivity index (χ0v) is 17.4. The Kier molecular flexibility index (Phi) is 6.49. The number of rotatable bonds is 7. The van der Waals surface area contributed by atoms with Crippen LogP contribution in [0, 0.1) is 0 Å². The highest BCUT2D eigenvalue weighted by Gasteiger charge is 2.26. The number of aromatic amines is 1. The molecule has 3 N–H and O–H groups in total. The third-order valence-corrected chi connectivity index (χ3v) is 4.83. The minimum atomic E-state index is -0.774. The summed E-state index contributed by atoms with van der Waals surface area (Å²) >= 11 is 0. The summed E-state index contributed by atoms with van der Waals surface area (Å²) in [5.41, 5.74) is 5.00. The van der Waals surface area contributed by atoms with E-state index in [-0.39, 0.29) is 29.3 Å². The topological polar surface area (TPSA) is 136 Å². The van der Waals surface area contributed by atoms with Crippen molar-refractivity contribution in [3.8, 4) is 0 Å². The van der Waals surface area contributed by atoms with Crippen LogP contribution in [0.15, 0.2) is 56.8 Å². The molecule has 0 aliphatic heterocycles. The SMILES string of the molecule is CCCCn1c(N)c(N(Cc2ccccc2)C(=O)c2ccc(=O)n(C)n2)c(=O)[nH]c1=O. The number of unbranched alkanes of at least 4 members (excludes halogenated alkanes) is 1. The molecule has 0 saturated carbocycles. The highest BCUT2D eigenvalue weighted by molar-refractivity contribution is 6.05. The van der Waals surface area contributed by atoms with Gasteiger partial charge in [0, 0.05) is 19.7 Å². The van der Waals surface area contributed by atoms with Gasteiger partial charge in [0.2, 0.25) is 0 Å². The van der Waals surface area contributed by atoms with Gasteiger partial charge in [-0.25, -0.2) is 9.48 Å². The van der Waals surface area contributed by atoms with Crippen LogP contribution in [0.3, 0.4) is 0 Å². The number of hydrogen-bond donors (Lipinski definition) is 2. The van der Waals surface area contributed by atoms with E-state index >= 15 is 0 Å². The van der Waals surface area contributed by atoms with Gasteiger partial charge >= 0.3 is 5.69 Å². The lowest BCUT2D eigenvalue weighted by Crippen LogP contribution is -2.41. The predicted molar refractivity (Wildman–Crippen MR) is 117 cm³/mol. The normalized spacial score (nSPS) is 10.8. The minimum absolute atomic E-state index is 0.0173. The third kappa shape index (κ3) is 4.63. The molecule has 0 atom stereocenters. The van der Waals surface area contributed by atoms with Crippen LogP contribution in [0.25, 0.3) is 0 Å². The lowest BCUT2D eigenvalue weighted by atomic mass is 10.2. The Morgan fingerprint density at radius 2 is 1.84 bits per heavy atom. The molecule has 31 heavy (non-hydrogen) atoms. The second-order valence-corrected chi connectivity index (χ2v) is 7.06. The predicted octanol–water partition coefficient (Wildman–Crippen LogP) is 0.860. The van der Waals surface area contributed by atoms with Crippen molar-refractivity contribution in [3.63, 3.8) is 0 Å². The second-order valence-electron chi connectivity index (χ2n) is 7.06. The van der Waals surface area contributed by atoms with E-state index in [1.54, 1.807) is 24.3 Å². The Morgan fingerprint density at radius 1 is 1.13 bits per heavy atom. The molecule has 0 saturated heterocycles. The standard InChI is InChI=1S/C21H24N6O4/c1-3-4-12-26-18(22)17(19(29)23-21(26)31)27(13-14-8-6-5-7-9-14)20(30)15-10-11-16(28)25(2)24-15/h5-11H,3-4,12-13,22H2,1-2H3,(H,23,29,31). The number of amides is 1. The molecular weight excluding hydrogens is 400 g/mol. The van der Waals surface area contributed by atoms with Gasteiger partial charge in [0.1, 0.15) is 11.5 Å². The van der Waals surface area contributed by atoms with Gasteiger partial charge in [-0.05, 0) is 18.1 Å². The summed E-state index contributed by atoms with van der Waals surface area (Å²) in [6.45, 7) is 2.28. The number of anilines is 2. The average Bonchev–Trinajstić information content (AvgIpc) is 2.75. The fourth-order valence-electron chi connectivity index (χ4n) is 3.15. The number of benzene rings is 1. The smallest absolute Gasteiger partial charge is 0.330 e. The van der Waals surface area contributed by atoms with Crippen LogP contribution in [-0.4, -0.2) is 25.2 Å². The Hall–Kier alpha value is -3.95. The van der Waals surface area contributed by atoms with Crippen molar-refractivity contribution in [1.82, 2.24) is 19.3 Å². The molecule has 0 aliphatic carbocycles. The number of aryl methyl sites for hydroxylation is 1. The fraction of sp³-hybridized carbons (Fsp3) is 0.286. The number of nitrogens with zero attached hydrogens (tertiary/aromatic N) is 4. The Balaban J connectivity index is 2.17. The van der Waals surface area contributed by atoms with Gasteiger partial charge in [0.25, 0.3) is 17.0 Å². The van der Waals surface area contributed by atoms with Crippen LogP contribution < -0.4 is 27.4 Å². The second kappa shape index (κ2) is 9.24. The summed E-state index contributed by atoms with van der Waals surface area (Å²) < 4.78 is 2.28. The maximum atomic E-state index is 13.4. The summed E-state index contributed by atoms with van der Waals surface area (Å²) in [6, 6.07) is 11.5. The number of hydrogen-bond acceptors (Lipinski definition) is 6. The van der Waals surface area contributed by atoms with Gasteiger partial charge in [0.15, 0.2) is 5.69 Å². The maximum Gasteiger partial charge on any atom is 0.330 e. The molecule has 0 aliphatic rings. The maximum absolute atomic E-state index is 13.4. The number of nitrogens with one attached hydrogen (secondary N) is 1. The molecule has 2 heterocycles. The fourth-order valence-corrected chi connectivity index (χ4v) is 3.15. The van der Waals surface area contributed by atoms with E-state index < -0.39 is 17.2 Å². The minimum Gasteiger partial charge on any atom is -0.383 e. The van der Waals surface area contributed by atoms with Gasteiger partial charge in [0.05, 0.1) is 6.54 Å². The van der Waals surface area contributed by atoms with E-state index in [9.17, 15) is 19.2 Å². The van der Waals surface area contributed by atoms with Crippen LogP contribution in [0.4, 0.5) is 11.5 Å². The van der Waals surface area contributed by atoms with Gasteiger partial charge in [-0.15, -0.1) is 0 Å². The van der Waals surface area contributed by atoms with E-state index in [0.29, 0.717) is 13.0 Å². The largest absolute Gasteiger partial charge is 0.383 e. The summed E-state index contributed by atoms with van der Waals surface area (Å²) in [6.07, 6.45) is 1.49. The molecule has 3 rings (SSSR count). The van der Waals surface area contributed by atoms with Crippen molar-refractivity contribution in [2.75, 3.05) is 10.6 Å². The Morgan fingerprint density at radius 3 is 2.48 bits per heavy atom. The van der Waals surface area contributed by atoms with Crippen molar-refractivity contribution in [2.24, 2.45) is 7.05 Å². The zero-order valence-electron chi connectivity index (χ0n) is 17.4. The number of carbonyl (C=O) groups excluding carboxylic acids is 1. The first kappa shape index (κ1) is 21.8. The van der Waals surface area contributed by atoms with E-state index in [1.807, 2.05) is 13.0 Å². The number of aromatic nitrogens is 4. The molecule has 3 aromatic rings. The van der Waals surface area contributed by atoms with Gasteiger partial charge < -0.3 is 5.73 Å². The van der Waals surface area contributed by atoms with Gasteiger partial charge in [-0.2, -0.15) is 5.10 Å². The quantitative estimate of drug-likeness (QED) is 0.577. The Bertz CT molecular complexity index is 1260. The number of nitrogens with two attached hydrogens (primary N) is 1. The summed E-state index contributed by atoms with van der Waals surface area (Å²) in [4.78, 5) is 53.5. The molecule has 0 radical (unpaired) electrons. The first-order valence-corrected chi connectivity index (χ1v) is 9.86. The average molecular weight is 424 g/mol. The van der Waals surface area contributed by atoms with E-state index in [0.717, 1.165) is 16.7 Å². The van der Waals surface area contributed by atoms with Crippen LogP contribution in [0.1, 0.15) is 35.8 Å². The van der Waals surface area contributed by atoms with Crippen LogP contribution in [-0.2, 0) is 20.1 Å². The summed E-state index contributed by atoms with van der Waals surface area (Å²) in [7, 11) is 1.42. The van der Waals surface area contributed by atoms with E-state index in [2.05, 4.69) is 10.1 Å². The molecule has 0 fully saturated rings. The van der Waals surface area contributed by atoms with Crippen molar-refractivity contribution in [2.45, 2.75) is 32.9 Å². The third-order valence-electron chi connectivity index (χ3n) is 4.83. The van der Waals surface area contributed by atoms with E-state index in [1.165, 1.54) is 28.6 Å². The van der Waals surface area contributed by atoms with Crippen molar-refractivity contribution < 1.29 is 4.79 Å². The molecule has 2 aromatic heterocycles. The van der Waals surface area contributed by atoms with Crippen molar-refractivity contribution in [1.29, 1.82) is 0 Å². The van der Waals surface area contributed by atoms with Gasteiger partial charge in [-0.3, -0.25) is 28.8 Å². The number of carbonyl (C=O) groups is 1. The molecule has 0 bridgehead atoms. The first-order valence-electron chi connectivity index (χ1n) is 9.86. The molecule has 1 amide bonds. The summed E-state index contributed by atoms with van der Waals surface area (Å²) in [5.74, 6) is -0.728. The molecule has 10 nitrogen and oxygen atoms in total. The number of H-pyrrole nitrogens is 1. The highest BCUT2D eigenvalue weighted by atomic mass is 16.2. The first-order chi connectivity index (χ1) is 14.8.